The molecule has 0 aliphatic carbocycles. The second-order valence-corrected chi connectivity index (χ2v) is 10.3. The largest absolute Gasteiger partial charge is 0.507 e. The summed E-state index contributed by atoms with van der Waals surface area (Å²) in [5.74, 6) is 1.03. The number of hydrogen-bond donors (Lipinski definition) is 3. The Morgan fingerprint density at radius 2 is 1.81 bits per heavy atom. The van der Waals surface area contributed by atoms with Gasteiger partial charge in [-0.25, -0.2) is 0 Å². The van der Waals surface area contributed by atoms with Gasteiger partial charge in [-0.3, -0.25) is 5.10 Å². The lowest BCUT2D eigenvalue weighted by molar-refractivity contribution is 0.207. The number of rotatable bonds is 4. The van der Waals surface area contributed by atoms with Crippen molar-refractivity contribution < 1.29 is 5.11 Å². The summed E-state index contributed by atoms with van der Waals surface area (Å²) in [4.78, 5) is 2.26. The number of piperidine rings is 1. The van der Waals surface area contributed by atoms with E-state index in [-0.39, 0.29) is 16.8 Å². The van der Waals surface area contributed by atoms with Gasteiger partial charge in [0.25, 0.3) is 0 Å². The normalized spacial score (nSPS) is 27.4. The van der Waals surface area contributed by atoms with Crippen molar-refractivity contribution >= 4 is 21.7 Å². The molecule has 2 aliphatic heterocycles. The summed E-state index contributed by atoms with van der Waals surface area (Å²) >= 11 is 3.43. The molecule has 2 fully saturated rings. The molecule has 0 spiro atoms. The second kappa shape index (κ2) is 7.31. The molecular weight excluding hydrogens is 456 g/mol. The molecule has 3 atom stereocenters. The van der Waals surface area contributed by atoms with Crippen molar-refractivity contribution in [3.63, 3.8) is 0 Å². The summed E-state index contributed by atoms with van der Waals surface area (Å²) in [6, 6.07) is 9.89. The molecule has 0 amide bonds. The molecule has 1 unspecified atom stereocenters. The quantitative estimate of drug-likeness (QED) is 0.507. The fourth-order valence-electron chi connectivity index (χ4n) is 5.33. The van der Waals surface area contributed by atoms with Crippen LogP contribution in [-0.4, -0.2) is 49.7 Å². The Balaban J connectivity index is 1.36. The average Bonchev–Trinajstić information content (AvgIpc) is 3.26. The minimum Gasteiger partial charge on any atom is -0.507 e. The Morgan fingerprint density at radius 3 is 2.39 bits per heavy atom. The number of nitrogens with zero attached hydrogens (tertiary/aromatic N) is 4. The number of anilines is 1. The van der Waals surface area contributed by atoms with E-state index in [0.29, 0.717) is 17.3 Å². The Morgan fingerprint density at radius 1 is 1.06 bits per heavy atom. The Labute approximate surface area is 190 Å². The van der Waals surface area contributed by atoms with Gasteiger partial charge in [0.1, 0.15) is 10.4 Å². The van der Waals surface area contributed by atoms with Crippen LogP contribution < -0.4 is 10.2 Å². The number of hydrogen-bond acceptors (Lipinski definition) is 6. The van der Waals surface area contributed by atoms with Crippen LogP contribution in [-0.2, 0) is 0 Å². The van der Waals surface area contributed by atoms with Crippen LogP contribution in [0.2, 0.25) is 0 Å². The van der Waals surface area contributed by atoms with Crippen molar-refractivity contribution in [3.05, 3.63) is 41.1 Å². The minimum atomic E-state index is 0.164. The summed E-state index contributed by atoms with van der Waals surface area (Å²) in [6.45, 7) is 4.67. The van der Waals surface area contributed by atoms with E-state index in [0.717, 1.165) is 34.4 Å². The number of benzene rings is 1. The monoisotopic (exact) mass is 482 g/mol. The molecule has 4 heterocycles. The summed E-state index contributed by atoms with van der Waals surface area (Å²) in [5, 5.41) is 30.2. The van der Waals surface area contributed by atoms with Crippen LogP contribution in [0.4, 0.5) is 5.82 Å². The van der Waals surface area contributed by atoms with E-state index in [1.54, 1.807) is 12.3 Å². The number of nitrogens with one attached hydrogen (secondary N) is 2. The van der Waals surface area contributed by atoms with E-state index in [9.17, 15) is 5.11 Å². The maximum Gasteiger partial charge on any atom is 0.151 e. The third-order valence-corrected chi connectivity index (χ3v) is 7.55. The lowest BCUT2D eigenvalue weighted by Gasteiger charge is -2.45. The fraction of sp³-hybridized carbons (Fsp3) is 0.435. The van der Waals surface area contributed by atoms with Gasteiger partial charge in [0.2, 0.25) is 0 Å². The van der Waals surface area contributed by atoms with Crippen molar-refractivity contribution in [1.29, 1.82) is 0 Å². The molecule has 31 heavy (non-hydrogen) atoms. The van der Waals surface area contributed by atoms with Gasteiger partial charge >= 0.3 is 0 Å². The first-order valence-electron chi connectivity index (χ1n) is 10.6. The Kier molecular flexibility index (Phi) is 4.82. The van der Waals surface area contributed by atoms with Gasteiger partial charge in [-0.15, -0.1) is 10.2 Å². The van der Waals surface area contributed by atoms with Crippen LogP contribution in [0.1, 0.15) is 39.5 Å². The number of H-pyrrole nitrogens is 1. The van der Waals surface area contributed by atoms with Crippen molar-refractivity contribution in [2.24, 2.45) is 0 Å². The lowest BCUT2D eigenvalue weighted by Crippen LogP contribution is -2.58. The predicted octanol–water partition coefficient (Wildman–Crippen LogP) is 4.50. The van der Waals surface area contributed by atoms with E-state index in [1.807, 2.05) is 24.3 Å². The number of fused-ring (bicyclic) bond motifs is 2. The molecule has 3 N–H and O–H groups in total. The maximum atomic E-state index is 10.6. The first kappa shape index (κ1) is 20.5. The zero-order valence-electron chi connectivity index (χ0n) is 18.0. The fourth-order valence-corrected chi connectivity index (χ4v) is 5.76. The van der Waals surface area contributed by atoms with Crippen LogP contribution >= 0.6 is 15.9 Å². The summed E-state index contributed by atoms with van der Waals surface area (Å²) in [5.41, 5.74) is 3.48. The van der Waals surface area contributed by atoms with Crippen LogP contribution in [0.15, 0.2) is 41.1 Å². The van der Waals surface area contributed by atoms with Gasteiger partial charge in [0.05, 0.1) is 11.9 Å². The van der Waals surface area contributed by atoms with Crippen LogP contribution in [0.3, 0.4) is 0 Å². The molecule has 162 valence electrons. The molecule has 2 aliphatic rings. The molecule has 1 aromatic carbocycles. The third kappa shape index (κ3) is 3.72. The van der Waals surface area contributed by atoms with Gasteiger partial charge in [0.15, 0.2) is 5.82 Å². The standard InChI is InChI=1S/C23H27BrN6O/c1-22-8-9-23(2,29-22)12-15(11-22)30(3)20-7-6-18(26-27-20)16-5-4-14(10-19(16)31)17-13-25-28-21(17)24/h4-7,10,13,15,29,31H,8-9,11-12H2,1-3H3,(H,25,28)/t15?,22-,23+. The molecule has 8 heteroatoms. The molecule has 2 aromatic heterocycles. The van der Waals surface area contributed by atoms with Gasteiger partial charge in [-0.2, -0.15) is 5.10 Å². The van der Waals surface area contributed by atoms with Crippen molar-refractivity contribution in [3.8, 4) is 28.1 Å². The summed E-state index contributed by atoms with van der Waals surface area (Å²) < 4.78 is 0.779. The van der Waals surface area contributed by atoms with E-state index in [1.165, 1.54) is 12.8 Å². The molecule has 3 aromatic rings. The van der Waals surface area contributed by atoms with Crippen molar-refractivity contribution in [2.45, 2.75) is 56.7 Å². The Bertz CT molecular complexity index is 1100. The van der Waals surface area contributed by atoms with E-state index in [2.05, 4.69) is 67.4 Å². The van der Waals surface area contributed by atoms with Crippen molar-refractivity contribution in [2.75, 3.05) is 11.9 Å². The number of aromatic hydroxyl groups is 1. The number of aromatic nitrogens is 4. The second-order valence-electron chi connectivity index (χ2n) is 9.53. The first-order valence-corrected chi connectivity index (χ1v) is 11.4. The average molecular weight is 483 g/mol. The van der Waals surface area contributed by atoms with Crippen LogP contribution in [0.25, 0.3) is 22.4 Å². The molecule has 2 saturated heterocycles. The van der Waals surface area contributed by atoms with Gasteiger partial charge in [0, 0.05) is 35.3 Å². The topological polar surface area (TPSA) is 90.0 Å². The Hall–Kier alpha value is -2.45. The zero-order chi connectivity index (χ0) is 21.8. The highest BCUT2D eigenvalue weighted by atomic mass is 79.9. The van der Waals surface area contributed by atoms with Gasteiger partial charge in [-0.1, -0.05) is 6.07 Å². The molecule has 0 radical (unpaired) electrons. The molecule has 0 saturated carbocycles. The number of phenols is 1. The summed E-state index contributed by atoms with van der Waals surface area (Å²) in [7, 11) is 2.11. The number of halogens is 1. The van der Waals surface area contributed by atoms with Gasteiger partial charge < -0.3 is 15.3 Å². The minimum absolute atomic E-state index is 0.164. The van der Waals surface area contributed by atoms with E-state index < -0.39 is 0 Å². The lowest BCUT2D eigenvalue weighted by atomic mass is 9.84. The SMILES string of the molecule is CN(c1ccc(-c2ccc(-c3cn[nH]c3Br)cc2O)nn1)C1C[C@]2(C)CC[C@](C)(C1)N2. The number of aromatic amines is 1. The zero-order valence-corrected chi connectivity index (χ0v) is 19.6. The highest BCUT2D eigenvalue weighted by Gasteiger charge is 2.49. The maximum absolute atomic E-state index is 10.6. The third-order valence-electron chi connectivity index (χ3n) is 6.94. The van der Waals surface area contributed by atoms with E-state index in [4.69, 9.17) is 0 Å². The molecule has 5 rings (SSSR count). The highest BCUT2D eigenvalue weighted by Crippen LogP contribution is 2.44. The van der Waals surface area contributed by atoms with Crippen LogP contribution in [0, 0.1) is 0 Å². The van der Waals surface area contributed by atoms with Crippen LogP contribution in [0.5, 0.6) is 5.75 Å². The predicted molar refractivity (Wildman–Crippen MR) is 125 cm³/mol. The highest BCUT2D eigenvalue weighted by molar-refractivity contribution is 9.10. The first-order chi connectivity index (χ1) is 14.8. The number of phenolic OH excluding ortho intramolecular Hbond substituents is 1. The summed E-state index contributed by atoms with van der Waals surface area (Å²) in [6.07, 6.45) is 6.38. The van der Waals surface area contributed by atoms with Gasteiger partial charge in [-0.05, 0) is 85.3 Å². The van der Waals surface area contributed by atoms with Crippen molar-refractivity contribution in [1.82, 2.24) is 25.7 Å². The molecular formula is C23H27BrN6O. The molecule has 7 nitrogen and oxygen atoms in total. The van der Waals surface area contributed by atoms with E-state index >= 15 is 0 Å². The molecule has 2 bridgehead atoms. The smallest absolute Gasteiger partial charge is 0.151 e.